The summed E-state index contributed by atoms with van der Waals surface area (Å²) < 4.78 is 10.6. The fourth-order valence-corrected chi connectivity index (χ4v) is 0.579. The average Bonchev–Trinajstić information content (AvgIpc) is 1.81. The minimum absolute atomic E-state index is 0.391. The summed E-state index contributed by atoms with van der Waals surface area (Å²) in [4.78, 5) is 26.3. The molecule has 8 heteroatoms. The van der Waals surface area contributed by atoms with Crippen LogP contribution in [0.4, 0.5) is 0 Å². The SMILES string of the molecule is CN(CC(=O)[O-])P(=O)(O)O.C[S+](C)C. The molecule has 0 saturated carbocycles. The molecule has 14 heavy (non-hydrogen) atoms. The van der Waals surface area contributed by atoms with Gasteiger partial charge in [0.2, 0.25) is 0 Å². The second-order valence-corrected chi connectivity index (χ2v) is 7.08. The highest BCUT2D eigenvalue weighted by Crippen LogP contribution is 2.37. The number of likely N-dealkylation sites (N-methyl/N-ethyl adjacent to an activating group) is 1. The van der Waals surface area contributed by atoms with Gasteiger partial charge < -0.3 is 19.7 Å². The van der Waals surface area contributed by atoms with E-state index < -0.39 is 20.3 Å². The smallest absolute Gasteiger partial charge is 0.403 e. The van der Waals surface area contributed by atoms with Gasteiger partial charge >= 0.3 is 7.75 Å². The van der Waals surface area contributed by atoms with Crippen LogP contribution in [0, 0.1) is 0 Å². The molecule has 0 radical (unpaired) electrons. The Morgan fingerprint density at radius 2 is 1.71 bits per heavy atom. The van der Waals surface area contributed by atoms with Crippen LogP contribution in [0.2, 0.25) is 0 Å². The number of hydrogen-bond acceptors (Lipinski definition) is 3. The second kappa shape index (κ2) is 7.25. The van der Waals surface area contributed by atoms with E-state index in [2.05, 4.69) is 18.8 Å². The van der Waals surface area contributed by atoms with Gasteiger partial charge in [-0.3, -0.25) is 0 Å². The topological polar surface area (TPSA) is 101 Å². The predicted molar refractivity (Wildman–Crippen MR) is 54.8 cm³/mol. The highest BCUT2D eigenvalue weighted by molar-refractivity contribution is 7.94. The summed E-state index contributed by atoms with van der Waals surface area (Å²) in [5.74, 6) is -1.52. The summed E-state index contributed by atoms with van der Waals surface area (Å²) in [6.45, 7) is -0.774. The molecular formula is C6H16NO5PS. The minimum Gasteiger partial charge on any atom is -0.549 e. The van der Waals surface area contributed by atoms with Gasteiger partial charge in [-0.05, 0) is 17.9 Å². The summed E-state index contributed by atoms with van der Waals surface area (Å²) in [5.41, 5.74) is 0. The van der Waals surface area contributed by atoms with Crippen LogP contribution in [-0.4, -0.2) is 52.8 Å². The Bertz CT molecular complexity index is 214. The van der Waals surface area contributed by atoms with Gasteiger partial charge in [0.15, 0.2) is 0 Å². The van der Waals surface area contributed by atoms with E-state index in [1.54, 1.807) is 0 Å². The maximum Gasteiger partial charge on any atom is 0.403 e. The molecule has 0 unspecified atom stereocenters. The summed E-state index contributed by atoms with van der Waals surface area (Å²) >= 11 is 0. The average molecular weight is 245 g/mol. The van der Waals surface area contributed by atoms with Crippen molar-refractivity contribution in [1.29, 1.82) is 0 Å². The van der Waals surface area contributed by atoms with Crippen molar-refractivity contribution >= 4 is 24.6 Å². The molecule has 2 N–H and O–H groups in total. The van der Waals surface area contributed by atoms with Crippen LogP contribution in [0.5, 0.6) is 0 Å². The third kappa shape index (κ3) is 14.5. The zero-order chi connectivity index (χ0) is 11.9. The summed E-state index contributed by atoms with van der Waals surface area (Å²) in [6.07, 6.45) is 6.58. The lowest BCUT2D eigenvalue weighted by molar-refractivity contribution is -0.305. The summed E-state index contributed by atoms with van der Waals surface area (Å²) in [6, 6.07) is 0. The number of carbonyl (C=O) groups excluding carboxylic acids is 1. The van der Waals surface area contributed by atoms with Crippen molar-refractivity contribution in [3.05, 3.63) is 0 Å². The normalized spacial score (nSPS) is 11.1. The maximum atomic E-state index is 10.2. The van der Waals surface area contributed by atoms with Gasteiger partial charge in [0.25, 0.3) is 0 Å². The molecule has 0 atom stereocenters. The molecule has 86 valence electrons. The van der Waals surface area contributed by atoms with Gasteiger partial charge in [-0.2, -0.15) is 0 Å². The van der Waals surface area contributed by atoms with E-state index in [0.29, 0.717) is 15.6 Å². The third-order valence-electron chi connectivity index (χ3n) is 0.803. The number of carboxylic acids is 1. The van der Waals surface area contributed by atoms with Crippen molar-refractivity contribution in [2.24, 2.45) is 0 Å². The van der Waals surface area contributed by atoms with E-state index in [0.717, 1.165) is 7.05 Å². The standard InChI is InChI=1S/C3H8NO5P.C3H9S/c1-4(2-3(5)6)10(7,8)9;1-4(2)3/h2H2,1H3,(H,5,6)(H2,7,8,9);1-3H3/q;+1/p-1. The van der Waals surface area contributed by atoms with Crippen LogP contribution in [0.15, 0.2) is 0 Å². The van der Waals surface area contributed by atoms with Crippen LogP contribution in [0.3, 0.4) is 0 Å². The molecule has 0 aliphatic rings. The zero-order valence-corrected chi connectivity index (χ0v) is 10.3. The molecule has 0 heterocycles. The molecule has 0 aliphatic carbocycles. The highest BCUT2D eigenvalue weighted by atomic mass is 32.2. The van der Waals surface area contributed by atoms with Crippen molar-refractivity contribution in [2.75, 3.05) is 32.4 Å². The molecule has 0 aromatic carbocycles. The molecule has 0 aliphatic heterocycles. The third-order valence-corrected chi connectivity index (χ3v) is 1.83. The molecule has 0 amide bonds. The first kappa shape index (κ1) is 16.4. The van der Waals surface area contributed by atoms with E-state index in [9.17, 15) is 14.5 Å². The van der Waals surface area contributed by atoms with E-state index in [-0.39, 0.29) is 0 Å². The molecule has 0 fully saturated rings. The van der Waals surface area contributed by atoms with E-state index in [1.807, 2.05) is 0 Å². The van der Waals surface area contributed by atoms with Gasteiger partial charge in [0, 0.05) is 6.54 Å². The molecule has 0 rings (SSSR count). The van der Waals surface area contributed by atoms with Gasteiger partial charge in [-0.1, -0.05) is 0 Å². The lowest BCUT2D eigenvalue weighted by atomic mass is 10.7. The monoisotopic (exact) mass is 245 g/mol. The van der Waals surface area contributed by atoms with Gasteiger partial charge in [-0.25, -0.2) is 9.24 Å². The van der Waals surface area contributed by atoms with Crippen LogP contribution < -0.4 is 5.11 Å². The van der Waals surface area contributed by atoms with Crippen LogP contribution in [-0.2, 0) is 20.3 Å². The van der Waals surface area contributed by atoms with Crippen LogP contribution >= 0.6 is 7.75 Å². The maximum absolute atomic E-state index is 10.2. The van der Waals surface area contributed by atoms with Crippen molar-refractivity contribution in [3.63, 3.8) is 0 Å². The van der Waals surface area contributed by atoms with Crippen molar-refractivity contribution < 1.29 is 24.3 Å². The zero-order valence-electron chi connectivity index (χ0n) is 8.63. The van der Waals surface area contributed by atoms with Crippen LogP contribution in [0.1, 0.15) is 0 Å². The first-order valence-corrected chi connectivity index (χ1v) is 7.55. The van der Waals surface area contributed by atoms with E-state index >= 15 is 0 Å². The molecule has 6 nitrogen and oxygen atoms in total. The Hall–Kier alpha value is -0.0700. The Morgan fingerprint density at radius 1 is 1.43 bits per heavy atom. The molecule has 0 bridgehead atoms. The second-order valence-electron chi connectivity index (χ2n) is 2.93. The quantitative estimate of drug-likeness (QED) is 0.452. The lowest BCUT2D eigenvalue weighted by Crippen LogP contribution is -2.34. The number of hydrogen-bond donors (Lipinski definition) is 2. The molecule has 0 spiro atoms. The van der Waals surface area contributed by atoms with Crippen molar-refractivity contribution in [1.82, 2.24) is 4.67 Å². The van der Waals surface area contributed by atoms with Crippen molar-refractivity contribution in [2.45, 2.75) is 0 Å². The first-order chi connectivity index (χ1) is 6.07. The van der Waals surface area contributed by atoms with Gasteiger partial charge in [-0.15, -0.1) is 0 Å². The Labute approximate surface area is 86.5 Å². The highest BCUT2D eigenvalue weighted by Gasteiger charge is 2.19. The molecule has 0 aromatic heterocycles. The van der Waals surface area contributed by atoms with E-state index in [1.165, 1.54) is 0 Å². The Kier molecular flexibility index (Phi) is 8.48. The largest absolute Gasteiger partial charge is 0.549 e. The molecule has 0 saturated heterocycles. The van der Waals surface area contributed by atoms with Crippen LogP contribution in [0.25, 0.3) is 0 Å². The van der Waals surface area contributed by atoms with Gasteiger partial charge in [0.1, 0.15) is 0 Å². The lowest BCUT2D eigenvalue weighted by Gasteiger charge is -2.17. The number of carbonyl (C=O) groups is 1. The summed E-state index contributed by atoms with van der Waals surface area (Å²) in [5, 5.41) is 9.76. The minimum atomic E-state index is -4.40. The fourth-order valence-electron chi connectivity index (χ4n) is 0.279. The summed E-state index contributed by atoms with van der Waals surface area (Å²) in [7, 11) is -2.76. The van der Waals surface area contributed by atoms with Crippen molar-refractivity contribution in [3.8, 4) is 0 Å². The van der Waals surface area contributed by atoms with Gasteiger partial charge in [0.05, 0.1) is 24.7 Å². The molecule has 0 aromatic rings. The Morgan fingerprint density at radius 3 is 1.79 bits per heavy atom. The number of nitrogens with zero attached hydrogens (tertiary/aromatic N) is 1. The number of rotatable bonds is 3. The predicted octanol–water partition coefficient (Wildman–Crippen LogP) is -1.75. The number of aliphatic carboxylic acids is 1. The Balaban J connectivity index is 0. The number of carboxylic acid groups (broad SMARTS) is 1. The molecular weight excluding hydrogens is 229 g/mol. The van der Waals surface area contributed by atoms with E-state index in [4.69, 9.17) is 9.79 Å². The first-order valence-electron chi connectivity index (χ1n) is 3.53. The fraction of sp³-hybridized carbons (Fsp3) is 0.833.